The molecule has 162 valence electrons. The van der Waals surface area contributed by atoms with Crippen LogP contribution in [0.3, 0.4) is 0 Å². The van der Waals surface area contributed by atoms with E-state index in [-0.39, 0.29) is 19.1 Å². The summed E-state index contributed by atoms with van der Waals surface area (Å²) in [7, 11) is 0. The van der Waals surface area contributed by atoms with E-state index < -0.39 is 6.09 Å². The maximum Gasteiger partial charge on any atom is 0.407 e. The summed E-state index contributed by atoms with van der Waals surface area (Å²) in [5, 5.41) is 20.8. The minimum Gasteiger partial charge on any atom is -0.445 e. The molecular formula is C21H25N7O3. The molecule has 0 fully saturated rings. The largest absolute Gasteiger partial charge is 0.445 e. The van der Waals surface area contributed by atoms with Crippen molar-refractivity contribution in [3.8, 4) is 5.82 Å². The van der Waals surface area contributed by atoms with Gasteiger partial charge in [0.15, 0.2) is 5.82 Å². The quantitative estimate of drug-likeness (QED) is 0.448. The highest BCUT2D eigenvalue weighted by Gasteiger charge is 2.07. The van der Waals surface area contributed by atoms with Gasteiger partial charge in [-0.2, -0.15) is 5.10 Å². The van der Waals surface area contributed by atoms with Crippen molar-refractivity contribution in [2.45, 2.75) is 20.5 Å². The normalized spacial score (nSPS) is 10.4. The number of nitrogens with zero attached hydrogens (tertiary/aromatic N) is 4. The predicted molar refractivity (Wildman–Crippen MR) is 115 cm³/mol. The number of alkyl carbamates (subject to hydrolysis) is 1. The number of aromatic nitrogens is 4. The zero-order chi connectivity index (χ0) is 22.1. The number of nitrogens with one attached hydrogen (secondary N) is 3. The summed E-state index contributed by atoms with van der Waals surface area (Å²) in [4.78, 5) is 23.5. The molecule has 0 saturated heterocycles. The van der Waals surface area contributed by atoms with Crippen LogP contribution < -0.4 is 16.0 Å². The lowest BCUT2D eigenvalue weighted by atomic mass is 10.2. The number of rotatable bonds is 9. The Kier molecular flexibility index (Phi) is 7.52. The van der Waals surface area contributed by atoms with E-state index in [1.165, 1.54) is 0 Å². The molecular weight excluding hydrogens is 398 g/mol. The van der Waals surface area contributed by atoms with Gasteiger partial charge in [-0.3, -0.25) is 4.79 Å². The molecule has 0 aliphatic heterocycles. The average molecular weight is 423 g/mol. The van der Waals surface area contributed by atoms with Gasteiger partial charge in [-0.1, -0.05) is 30.3 Å². The van der Waals surface area contributed by atoms with Gasteiger partial charge in [0.2, 0.25) is 5.91 Å². The van der Waals surface area contributed by atoms with E-state index in [0.717, 1.165) is 17.0 Å². The Morgan fingerprint density at radius 1 is 1.00 bits per heavy atom. The molecule has 0 saturated carbocycles. The van der Waals surface area contributed by atoms with E-state index >= 15 is 0 Å². The summed E-state index contributed by atoms with van der Waals surface area (Å²) in [6, 6.07) is 14.9. The van der Waals surface area contributed by atoms with Gasteiger partial charge in [-0.15, -0.1) is 10.2 Å². The lowest BCUT2D eigenvalue weighted by Gasteiger charge is -2.09. The number of carbonyl (C=O) groups excluding carboxylic acids is 2. The molecule has 2 amide bonds. The van der Waals surface area contributed by atoms with E-state index in [9.17, 15) is 9.59 Å². The van der Waals surface area contributed by atoms with Crippen molar-refractivity contribution in [2.75, 3.05) is 25.0 Å². The number of amides is 2. The summed E-state index contributed by atoms with van der Waals surface area (Å²) in [5.74, 6) is 0.904. The average Bonchev–Trinajstić information content (AvgIpc) is 3.12. The Morgan fingerprint density at radius 2 is 1.81 bits per heavy atom. The molecule has 0 atom stereocenters. The smallest absolute Gasteiger partial charge is 0.407 e. The minimum absolute atomic E-state index is 0.150. The fourth-order valence-electron chi connectivity index (χ4n) is 2.77. The van der Waals surface area contributed by atoms with Crippen LogP contribution in [0, 0.1) is 13.8 Å². The van der Waals surface area contributed by atoms with Crippen molar-refractivity contribution in [1.82, 2.24) is 30.6 Å². The zero-order valence-corrected chi connectivity index (χ0v) is 17.5. The van der Waals surface area contributed by atoms with Crippen molar-refractivity contribution in [2.24, 2.45) is 0 Å². The molecule has 0 aliphatic rings. The Morgan fingerprint density at radius 3 is 2.48 bits per heavy atom. The molecule has 3 N–H and O–H groups in total. The molecule has 10 nitrogen and oxygen atoms in total. The molecule has 2 heterocycles. The fraction of sp³-hybridized carbons (Fsp3) is 0.286. The molecule has 10 heteroatoms. The van der Waals surface area contributed by atoms with Gasteiger partial charge in [-0.25, -0.2) is 9.48 Å². The maximum atomic E-state index is 11.8. The lowest BCUT2D eigenvalue weighted by molar-refractivity contribution is -0.120. The number of hydrogen-bond acceptors (Lipinski definition) is 7. The Labute approximate surface area is 180 Å². The number of benzene rings is 1. The van der Waals surface area contributed by atoms with E-state index in [2.05, 4.69) is 31.2 Å². The van der Waals surface area contributed by atoms with Crippen LogP contribution in [0.1, 0.15) is 17.0 Å². The van der Waals surface area contributed by atoms with Crippen molar-refractivity contribution in [1.29, 1.82) is 0 Å². The van der Waals surface area contributed by atoms with Gasteiger partial charge in [0.05, 0.1) is 12.2 Å². The van der Waals surface area contributed by atoms with Crippen molar-refractivity contribution in [3.05, 3.63) is 65.5 Å². The minimum atomic E-state index is -0.643. The molecule has 0 bridgehead atoms. The van der Waals surface area contributed by atoms with Gasteiger partial charge >= 0.3 is 6.09 Å². The number of hydrogen-bond donors (Lipinski definition) is 3. The second kappa shape index (κ2) is 10.7. The van der Waals surface area contributed by atoms with Gasteiger partial charge in [0.25, 0.3) is 0 Å². The Bertz CT molecular complexity index is 1000. The second-order valence-corrected chi connectivity index (χ2v) is 6.81. The molecule has 31 heavy (non-hydrogen) atoms. The predicted octanol–water partition coefficient (Wildman–Crippen LogP) is 1.73. The maximum absolute atomic E-state index is 11.8. The summed E-state index contributed by atoms with van der Waals surface area (Å²) in [6.07, 6.45) is -0.643. The first-order valence-corrected chi connectivity index (χ1v) is 9.84. The van der Waals surface area contributed by atoms with Crippen LogP contribution in [-0.2, 0) is 16.1 Å². The summed E-state index contributed by atoms with van der Waals surface area (Å²) < 4.78 is 6.77. The molecule has 0 unspecified atom stereocenters. The van der Waals surface area contributed by atoms with Crippen LogP contribution in [-0.4, -0.2) is 51.6 Å². The van der Waals surface area contributed by atoms with Gasteiger partial charge in [0.1, 0.15) is 12.4 Å². The third kappa shape index (κ3) is 6.81. The molecule has 3 rings (SSSR count). The van der Waals surface area contributed by atoms with E-state index in [0.29, 0.717) is 24.7 Å². The summed E-state index contributed by atoms with van der Waals surface area (Å²) in [6.45, 7) is 4.68. The van der Waals surface area contributed by atoms with Crippen LogP contribution in [0.25, 0.3) is 5.82 Å². The van der Waals surface area contributed by atoms with Gasteiger partial charge in [0, 0.05) is 18.8 Å². The SMILES string of the molecule is Cc1cc(C)n(-c2ccc(NCCNC(=O)CNC(=O)OCc3ccccc3)nn2)n1. The Hall–Kier alpha value is -3.95. The molecule has 0 radical (unpaired) electrons. The zero-order valence-electron chi connectivity index (χ0n) is 17.5. The third-order valence-electron chi connectivity index (χ3n) is 4.24. The van der Waals surface area contributed by atoms with E-state index in [4.69, 9.17) is 4.74 Å². The first-order valence-electron chi connectivity index (χ1n) is 9.84. The summed E-state index contributed by atoms with van der Waals surface area (Å²) in [5.41, 5.74) is 2.77. The van der Waals surface area contributed by atoms with Crippen LogP contribution >= 0.6 is 0 Å². The summed E-state index contributed by atoms with van der Waals surface area (Å²) >= 11 is 0. The molecule has 3 aromatic rings. The highest BCUT2D eigenvalue weighted by atomic mass is 16.5. The number of aryl methyl sites for hydroxylation is 2. The molecule has 0 spiro atoms. The molecule has 1 aromatic carbocycles. The van der Waals surface area contributed by atoms with Crippen molar-refractivity contribution < 1.29 is 14.3 Å². The standard InChI is InChI=1S/C21H25N7O3/c1-15-12-16(2)28(27-15)19-9-8-18(25-26-19)22-10-11-23-20(29)13-24-21(30)31-14-17-6-4-3-5-7-17/h3-9,12H,10-11,13-14H2,1-2H3,(H,22,25)(H,23,29)(H,24,30). The molecule has 0 aliphatic carbocycles. The fourth-order valence-corrected chi connectivity index (χ4v) is 2.77. The number of ether oxygens (including phenoxy) is 1. The number of anilines is 1. The van der Waals surface area contributed by atoms with Crippen LogP contribution in [0.15, 0.2) is 48.5 Å². The molecule has 2 aromatic heterocycles. The highest BCUT2D eigenvalue weighted by Crippen LogP contribution is 2.10. The Balaban J connectivity index is 1.31. The van der Waals surface area contributed by atoms with Crippen LogP contribution in [0.4, 0.5) is 10.6 Å². The van der Waals surface area contributed by atoms with Crippen LogP contribution in [0.5, 0.6) is 0 Å². The monoisotopic (exact) mass is 423 g/mol. The third-order valence-corrected chi connectivity index (χ3v) is 4.24. The van der Waals surface area contributed by atoms with Gasteiger partial charge < -0.3 is 20.7 Å². The first kappa shape index (κ1) is 21.8. The van der Waals surface area contributed by atoms with Gasteiger partial charge in [-0.05, 0) is 37.6 Å². The van der Waals surface area contributed by atoms with Crippen molar-refractivity contribution >= 4 is 17.8 Å². The number of carbonyl (C=O) groups is 2. The van der Waals surface area contributed by atoms with E-state index in [1.807, 2.05) is 56.3 Å². The lowest BCUT2D eigenvalue weighted by Crippen LogP contribution is -2.38. The first-order chi connectivity index (χ1) is 15.0. The highest BCUT2D eigenvalue weighted by molar-refractivity contribution is 5.82. The topological polar surface area (TPSA) is 123 Å². The van der Waals surface area contributed by atoms with E-state index in [1.54, 1.807) is 10.7 Å². The van der Waals surface area contributed by atoms with Crippen molar-refractivity contribution in [3.63, 3.8) is 0 Å². The second-order valence-electron chi connectivity index (χ2n) is 6.81. The van der Waals surface area contributed by atoms with Crippen LogP contribution in [0.2, 0.25) is 0 Å².